The van der Waals surface area contributed by atoms with E-state index in [2.05, 4.69) is 4.74 Å². The first-order valence-corrected chi connectivity index (χ1v) is 3.46. The standard InChI is InChI=1S/C8H13O3/c1-6(11-5-9)7(10)8(2,3)4/h6H,1-4H3. The summed E-state index contributed by atoms with van der Waals surface area (Å²) in [5.41, 5.74) is -0.462. The third-order valence-corrected chi connectivity index (χ3v) is 1.33. The Morgan fingerprint density at radius 1 is 1.45 bits per heavy atom. The molecule has 0 amide bonds. The molecule has 3 heteroatoms. The SMILES string of the molecule is CC(O[C]=O)C(=O)C(C)(C)C. The first kappa shape index (κ1) is 10.1. The van der Waals surface area contributed by atoms with Gasteiger partial charge in [0, 0.05) is 5.41 Å². The van der Waals surface area contributed by atoms with Gasteiger partial charge in [-0.3, -0.25) is 4.79 Å². The summed E-state index contributed by atoms with van der Waals surface area (Å²) in [6, 6.07) is 0. The summed E-state index contributed by atoms with van der Waals surface area (Å²) >= 11 is 0. The zero-order valence-electron chi connectivity index (χ0n) is 7.30. The maximum atomic E-state index is 11.3. The summed E-state index contributed by atoms with van der Waals surface area (Å²) in [4.78, 5) is 21.0. The van der Waals surface area contributed by atoms with E-state index in [1.807, 2.05) is 0 Å². The second-order valence-corrected chi connectivity index (χ2v) is 3.46. The highest BCUT2D eigenvalue weighted by atomic mass is 16.5. The number of ketones is 1. The first-order valence-electron chi connectivity index (χ1n) is 3.46. The molecule has 0 saturated heterocycles. The Morgan fingerprint density at radius 2 is 1.91 bits per heavy atom. The molecule has 63 valence electrons. The van der Waals surface area contributed by atoms with Crippen molar-refractivity contribution >= 4 is 12.3 Å². The van der Waals surface area contributed by atoms with Crippen LogP contribution in [-0.4, -0.2) is 18.4 Å². The number of hydrogen-bond acceptors (Lipinski definition) is 3. The van der Waals surface area contributed by atoms with E-state index in [0.29, 0.717) is 0 Å². The molecule has 0 aromatic heterocycles. The average molecular weight is 157 g/mol. The van der Waals surface area contributed by atoms with Crippen molar-refractivity contribution in [2.45, 2.75) is 33.8 Å². The Kier molecular flexibility index (Phi) is 3.23. The zero-order valence-corrected chi connectivity index (χ0v) is 7.30. The predicted molar refractivity (Wildman–Crippen MR) is 40.7 cm³/mol. The third kappa shape index (κ3) is 3.16. The van der Waals surface area contributed by atoms with Crippen molar-refractivity contribution in [3.63, 3.8) is 0 Å². The molecular weight excluding hydrogens is 144 g/mol. The second-order valence-electron chi connectivity index (χ2n) is 3.46. The van der Waals surface area contributed by atoms with Crippen molar-refractivity contribution < 1.29 is 14.3 Å². The quantitative estimate of drug-likeness (QED) is 0.615. The van der Waals surface area contributed by atoms with Crippen LogP contribution in [0.4, 0.5) is 0 Å². The van der Waals surface area contributed by atoms with E-state index in [0.717, 1.165) is 0 Å². The van der Waals surface area contributed by atoms with E-state index in [1.165, 1.54) is 6.47 Å². The Balaban J connectivity index is 4.13. The molecule has 0 bridgehead atoms. The van der Waals surface area contributed by atoms with Crippen LogP contribution in [0.2, 0.25) is 0 Å². The summed E-state index contributed by atoms with van der Waals surface area (Å²) in [7, 11) is 0. The lowest BCUT2D eigenvalue weighted by Crippen LogP contribution is -2.32. The van der Waals surface area contributed by atoms with Crippen LogP contribution in [0.3, 0.4) is 0 Å². The van der Waals surface area contributed by atoms with Gasteiger partial charge in [0.1, 0.15) is 0 Å². The molecule has 11 heavy (non-hydrogen) atoms. The van der Waals surface area contributed by atoms with Crippen molar-refractivity contribution in [2.24, 2.45) is 5.41 Å². The minimum absolute atomic E-state index is 0.0964. The van der Waals surface area contributed by atoms with Crippen molar-refractivity contribution in [2.75, 3.05) is 0 Å². The van der Waals surface area contributed by atoms with Gasteiger partial charge >= 0.3 is 6.47 Å². The molecule has 0 aliphatic carbocycles. The molecule has 0 aliphatic rings. The van der Waals surface area contributed by atoms with Gasteiger partial charge in [-0.2, -0.15) is 0 Å². The summed E-state index contributed by atoms with van der Waals surface area (Å²) in [6.45, 7) is 8.12. The van der Waals surface area contributed by atoms with Crippen LogP contribution in [-0.2, 0) is 14.3 Å². The number of rotatable bonds is 3. The van der Waals surface area contributed by atoms with Crippen LogP contribution >= 0.6 is 0 Å². The fourth-order valence-corrected chi connectivity index (χ4v) is 0.735. The largest absolute Gasteiger partial charge is 0.446 e. The third-order valence-electron chi connectivity index (χ3n) is 1.33. The smallest absolute Gasteiger partial charge is 0.418 e. The van der Waals surface area contributed by atoms with Gasteiger partial charge in [0.05, 0.1) is 0 Å². The van der Waals surface area contributed by atoms with Gasteiger partial charge in [-0.05, 0) is 6.92 Å². The monoisotopic (exact) mass is 157 g/mol. The summed E-state index contributed by atoms with van der Waals surface area (Å²) in [5, 5.41) is 0. The van der Waals surface area contributed by atoms with E-state index in [1.54, 1.807) is 27.7 Å². The van der Waals surface area contributed by atoms with Crippen LogP contribution < -0.4 is 0 Å². The molecule has 0 aliphatic heterocycles. The van der Waals surface area contributed by atoms with Crippen molar-refractivity contribution in [1.29, 1.82) is 0 Å². The molecule has 0 rings (SSSR count). The van der Waals surface area contributed by atoms with Crippen LogP contribution in [0.5, 0.6) is 0 Å². The van der Waals surface area contributed by atoms with E-state index in [9.17, 15) is 9.59 Å². The average Bonchev–Trinajstić information content (AvgIpc) is 1.85. The van der Waals surface area contributed by atoms with Gasteiger partial charge in [-0.1, -0.05) is 20.8 Å². The molecule has 0 saturated carbocycles. The summed E-state index contributed by atoms with van der Waals surface area (Å²) < 4.78 is 4.38. The van der Waals surface area contributed by atoms with Crippen molar-refractivity contribution in [3.05, 3.63) is 0 Å². The lowest BCUT2D eigenvalue weighted by molar-refractivity contribution is -0.133. The van der Waals surface area contributed by atoms with Crippen LogP contribution in [0.25, 0.3) is 0 Å². The molecule has 1 atom stereocenters. The molecule has 0 fully saturated rings. The molecule has 0 aromatic carbocycles. The molecule has 3 nitrogen and oxygen atoms in total. The molecule has 1 radical (unpaired) electrons. The maximum absolute atomic E-state index is 11.3. The van der Waals surface area contributed by atoms with E-state index in [-0.39, 0.29) is 5.78 Å². The highest BCUT2D eigenvalue weighted by Gasteiger charge is 2.27. The Morgan fingerprint density at radius 3 is 2.18 bits per heavy atom. The van der Waals surface area contributed by atoms with Crippen molar-refractivity contribution in [3.8, 4) is 0 Å². The fourth-order valence-electron chi connectivity index (χ4n) is 0.735. The lowest BCUT2D eigenvalue weighted by Gasteiger charge is -2.19. The minimum atomic E-state index is -0.688. The highest BCUT2D eigenvalue weighted by molar-refractivity contribution is 5.88. The van der Waals surface area contributed by atoms with Crippen LogP contribution in [0.1, 0.15) is 27.7 Å². The highest BCUT2D eigenvalue weighted by Crippen LogP contribution is 2.17. The fraction of sp³-hybridized carbons (Fsp3) is 0.750. The second kappa shape index (κ2) is 3.51. The molecular formula is C8H13O3. The number of hydrogen-bond donors (Lipinski definition) is 0. The van der Waals surface area contributed by atoms with Gasteiger partial charge in [-0.15, -0.1) is 0 Å². The van der Waals surface area contributed by atoms with E-state index >= 15 is 0 Å². The number of carbonyl (C=O) groups excluding carboxylic acids is 2. The topological polar surface area (TPSA) is 43.4 Å². The summed E-state index contributed by atoms with van der Waals surface area (Å²) in [6.07, 6.45) is -0.688. The van der Waals surface area contributed by atoms with Crippen LogP contribution in [0.15, 0.2) is 0 Å². The van der Waals surface area contributed by atoms with Crippen molar-refractivity contribution in [1.82, 2.24) is 0 Å². The number of carbonyl (C=O) groups is 1. The predicted octanol–water partition coefficient (Wildman–Crippen LogP) is 1.07. The van der Waals surface area contributed by atoms with Crippen LogP contribution in [0, 0.1) is 5.41 Å². The van der Waals surface area contributed by atoms with Gasteiger partial charge in [-0.25, -0.2) is 4.79 Å². The molecule has 0 spiro atoms. The van der Waals surface area contributed by atoms with E-state index in [4.69, 9.17) is 0 Å². The first-order chi connectivity index (χ1) is 4.89. The number of ether oxygens (including phenoxy) is 1. The molecule has 0 aromatic rings. The molecule has 1 unspecified atom stereocenters. The number of Topliss-reactive ketones (excluding diaryl/α,β-unsaturated/α-hetero) is 1. The van der Waals surface area contributed by atoms with Gasteiger partial charge < -0.3 is 4.74 Å². The Hall–Kier alpha value is -0.860. The maximum Gasteiger partial charge on any atom is 0.418 e. The molecule has 0 heterocycles. The van der Waals surface area contributed by atoms with Gasteiger partial charge in [0.2, 0.25) is 0 Å². The normalized spacial score (nSPS) is 13.8. The lowest BCUT2D eigenvalue weighted by atomic mass is 9.88. The molecule has 0 N–H and O–H groups in total. The Labute approximate surface area is 66.7 Å². The summed E-state index contributed by atoms with van der Waals surface area (Å²) in [5.74, 6) is -0.0964. The Bertz CT molecular complexity index is 155. The minimum Gasteiger partial charge on any atom is -0.446 e. The van der Waals surface area contributed by atoms with Gasteiger partial charge in [0.25, 0.3) is 0 Å². The van der Waals surface area contributed by atoms with E-state index < -0.39 is 11.5 Å². The zero-order chi connectivity index (χ0) is 9.07. The van der Waals surface area contributed by atoms with Gasteiger partial charge in [0.15, 0.2) is 11.9 Å².